The number of carbonyl (C=O) groups is 2. The van der Waals surface area contributed by atoms with Crippen LogP contribution in [-0.2, 0) is 9.59 Å². The fourth-order valence-corrected chi connectivity index (χ4v) is 6.50. The molecule has 0 fully saturated rings. The van der Waals surface area contributed by atoms with Crippen molar-refractivity contribution in [3.8, 4) is 0 Å². The van der Waals surface area contributed by atoms with Gasteiger partial charge in [0.05, 0.1) is 0 Å². The van der Waals surface area contributed by atoms with Gasteiger partial charge in [-0.1, -0.05) is 194 Å². The molecule has 0 aromatic carbocycles. The normalized spacial score (nSPS) is 11.3. The zero-order chi connectivity index (χ0) is 34.1. The highest BCUT2D eigenvalue weighted by Gasteiger charge is 2.02. The summed E-state index contributed by atoms with van der Waals surface area (Å²) in [6.07, 6.45) is 43.8. The molecule has 0 atom stereocenters. The minimum atomic E-state index is 0.205. The van der Waals surface area contributed by atoms with Crippen molar-refractivity contribution in [1.29, 1.82) is 0 Å². The van der Waals surface area contributed by atoms with E-state index in [-0.39, 0.29) is 11.8 Å². The second kappa shape index (κ2) is 41.1. The third kappa shape index (κ3) is 41.0. The first-order valence-corrected chi connectivity index (χ1v) is 21.4. The van der Waals surface area contributed by atoms with Crippen molar-refractivity contribution in [2.24, 2.45) is 0 Å². The molecule has 47 heavy (non-hydrogen) atoms. The van der Waals surface area contributed by atoms with Crippen LogP contribution in [0.3, 0.4) is 0 Å². The molecule has 0 unspecified atom stereocenters. The zero-order valence-electron chi connectivity index (χ0n) is 32.2. The maximum absolute atomic E-state index is 12.1. The van der Waals surface area contributed by atoms with E-state index in [1.54, 1.807) is 0 Å². The van der Waals surface area contributed by atoms with Crippen molar-refractivity contribution in [2.75, 3.05) is 26.2 Å². The van der Waals surface area contributed by atoms with Crippen LogP contribution < -0.4 is 16.0 Å². The first-order chi connectivity index (χ1) is 23.2. The van der Waals surface area contributed by atoms with Crippen LogP contribution in [0.1, 0.15) is 232 Å². The summed E-state index contributed by atoms with van der Waals surface area (Å²) in [6.45, 7) is 7.89. The van der Waals surface area contributed by atoms with Gasteiger partial charge in [-0.05, 0) is 38.8 Å². The molecule has 0 aromatic heterocycles. The van der Waals surface area contributed by atoms with Crippen molar-refractivity contribution in [3.63, 3.8) is 0 Å². The Kier molecular flexibility index (Phi) is 40.1. The Hall–Kier alpha value is -1.10. The predicted octanol–water partition coefficient (Wildman–Crippen LogP) is 12.1. The number of hydrogen-bond acceptors (Lipinski definition) is 3. The highest BCUT2D eigenvalue weighted by atomic mass is 16.2. The van der Waals surface area contributed by atoms with Gasteiger partial charge in [-0.2, -0.15) is 0 Å². The predicted molar refractivity (Wildman–Crippen MR) is 207 cm³/mol. The van der Waals surface area contributed by atoms with Crippen molar-refractivity contribution >= 4 is 11.8 Å². The maximum atomic E-state index is 12.1. The van der Waals surface area contributed by atoms with Crippen LogP contribution in [-0.4, -0.2) is 38.0 Å². The molecule has 280 valence electrons. The maximum Gasteiger partial charge on any atom is 0.219 e. The minimum absolute atomic E-state index is 0.205. The Bertz CT molecular complexity index is 575. The molecule has 0 saturated heterocycles. The van der Waals surface area contributed by atoms with E-state index in [0.717, 1.165) is 51.9 Å². The highest BCUT2D eigenvalue weighted by Crippen LogP contribution is 2.15. The summed E-state index contributed by atoms with van der Waals surface area (Å²) in [5.41, 5.74) is 0. The van der Waals surface area contributed by atoms with Crippen LogP contribution in [0.4, 0.5) is 0 Å². The summed E-state index contributed by atoms with van der Waals surface area (Å²) < 4.78 is 0. The van der Waals surface area contributed by atoms with Crippen molar-refractivity contribution < 1.29 is 9.59 Å². The molecule has 0 aliphatic rings. The van der Waals surface area contributed by atoms with Crippen LogP contribution in [0.25, 0.3) is 0 Å². The molecule has 5 heteroatoms. The number of unbranched alkanes of at least 4 members (excludes halogenated alkanes) is 28. The van der Waals surface area contributed by atoms with Crippen LogP contribution in [0.15, 0.2) is 0 Å². The number of amides is 2. The Morgan fingerprint density at radius 3 is 0.787 bits per heavy atom. The van der Waals surface area contributed by atoms with Gasteiger partial charge in [-0.25, -0.2) is 0 Å². The third-order valence-electron chi connectivity index (χ3n) is 9.72. The van der Waals surface area contributed by atoms with Gasteiger partial charge in [-0.3, -0.25) is 9.59 Å². The fourth-order valence-electron chi connectivity index (χ4n) is 6.50. The van der Waals surface area contributed by atoms with E-state index in [1.165, 1.54) is 180 Å². The van der Waals surface area contributed by atoms with E-state index >= 15 is 0 Å². The van der Waals surface area contributed by atoms with Crippen molar-refractivity contribution in [3.05, 3.63) is 0 Å². The third-order valence-corrected chi connectivity index (χ3v) is 9.72. The van der Waals surface area contributed by atoms with Crippen LogP contribution in [0.2, 0.25) is 0 Å². The highest BCUT2D eigenvalue weighted by molar-refractivity contribution is 5.76. The van der Waals surface area contributed by atoms with Gasteiger partial charge in [0.1, 0.15) is 0 Å². The lowest BCUT2D eigenvalue weighted by Crippen LogP contribution is -2.29. The van der Waals surface area contributed by atoms with Gasteiger partial charge >= 0.3 is 0 Å². The first kappa shape index (κ1) is 45.9. The molecule has 0 heterocycles. The lowest BCUT2D eigenvalue weighted by molar-refractivity contribution is -0.122. The minimum Gasteiger partial charge on any atom is -0.356 e. The molecule has 0 bridgehead atoms. The summed E-state index contributed by atoms with van der Waals surface area (Å²) in [4.78, 5) is 24.1. The van der Waals surface area contributed by atoms with Gasteiger partial charge < -0.3 is 16.0 Å². The van der Waals surface area contributed by atoms with E-state index in [1.807, 2.05) is 0 Å². The summed E-state index contributed by atoms with van der Waals surface area (Å²) in [7, 11) is 0. The van der Waals surface area contributed by atoms with E-state index in [4.69, 9.17) is 0 Å². The molecular weight excluding hydrogens is 578 g/mol. The monoisotopic (exact) mass is 664 g/mol. The van der Waals surface area contributed by atoms with Gasteiger partial charge in [-0.15, -0.1) is 0 Å². The summed E-state index contributed by atoms with van der Waals surface area (Å²) in [6, 6.07) is 0. The largest absolute Gasteiger partial charge is 0.356 e. The molecule has 2 amide bonds. The Labute approximate surface area is 295 Å². The van der Waals surface area contributed by atoms with Gasteiger partial charge in [0.15, 0.2) is 0 Å². The Balaban J connectivity index is 3.23. The molecule has 0 saturated carbocycles. The summed E-state index contributed by atoms with van der Waals surface area (Å²) >= 11 is 0. The van der Waals surface area contributed by atoms with Crippen molar-refractivity contribution in [1.82, 2.24) is 16.0 Å². The molecule has 0 aliphatic heterocycles. The molecule has 0 radical (unpaired) electrons. The average Bonchev–Trinajstić information content (AvgIpc) is 3.07. The average molecular weight is 664 g/mol. The van der Waals surface area contributed by atoms with E-state index in [0.29, 0.717) is 12.8 Å². The Morgan fingerprint density at radius 2 is 0.532 bits per heavy atom. The molecule has 5 nitrogen and oxygen atoms in total. The van der Waals surface area contributed by atoms with E-state index in [9.17, 15) is 9.59 Å². The standard InChI is InChI=1S/C42H85N3O2/c1-3-5-7-9-11-13-15-17-19-21-23-25-27-29-31-35-41(46)44-39-33-37-43-38-34-40-45-42(47)36-32-30-28-26-24-22-20-18-16-14-12-10-8-6-4-2/h43H,3-40H2,1-2H3,(H,44,46)(H,45,47). The molecule has 0 spiro atoms. The molecule has 0 rings (SSSR count). The quantitative estimate of drug-likeness (QED) is 0.0571. The first-order valence-electron chi connectivity index (χ1n) is 21.4. The molecule has 0 aromatic rings. The van der Waals surface area contributed by atoms with Crippen LogP contribution in [0, 0.1) is 0 Å². The second-order valence-electron chi connectivity index (χ2n) is 14.6. The summed E-state index contributed by atoms with van der Waals surface area (Å²) in [5, 5.41) is 9.56. The molecule has 0 aliphatic carbocycles. The van der Waals surface area contributed by atoms with Gasteiger partial charge in [0, 0.05) is 25.9 Å². The van der Waals surface area contributed by atoms with Crippen LogP contribution >= 0.6 is 0 Å². The van der Waals surface area contributed by atoms with Crippen molar-refractivity contribution in [2.45, 2.75) is 232 Å². The number of nitrogens with one attached hydrogen (secondary N) is 3. The smallest absolute Gasteiger partial charge is 0.219 e. The molecular formula is C42H85N3O2. The van der Waals surface area contributed by atoms with Gasteiger partial charge in [0.2, 0.25) is 11.8 Å². The topological polar surface area (TPSA) is 70.2 Å². The Morgan fingerprint density at radius 1 is 0.298 bits per heavy atom. The lowest BCUT2D eigenvalue weighted by Gasteiger charge is -2.08. The number of hydrogen-bond donors (Lipinski definition) is 3. The van der Waals surface area contributed by atoms with Gasteiger partial charge in [0.25, 0.3) is 0 Å². The van der Waals surface area contributed by atoms with E-state index in [2.05, 4.69) is 29.8 Å². The number of carbonyl (C=O) groups excluding carboxylic acids is 2. The molecule has 3 N–H and O–H groups in total. The van der Waals surface area contributed by atoms with E-state index < -0.39 is 0 Å². The SMILES string of the molecule is CCCCCCCCCCCCCCCCCC(=O)NCCCNCCCNC(=O)CCCCCCCCCCCCCCCCC. The second-order valence-corrected chi connectivity index (χ2v) is 14.6. The summed E-state index contributed by atoms with van der Waals surface area (Å²) in [5.74, 6) is 0.410. The fraction of sp³-hybridized carbons (Fsp3) is 0.952. The number of rotatable bonds is 40. The zero-order valence-corrected chi connectivity index (χ0v) is 32.2. The van der Waals surface area contributed by atoms with Crippen LogP contribution in [0.5, 0.6) is 0 Å². The lowest BCUT2D eigenvalue weighted by atomic mass is 10.0.